The number of benzene rings is 2. The van der Waals surface area contributed by atoms with Crippen molar-refractivity contribution in [2.24, 2.45) is 0 Å². The summed E-state index contributed by atoms with van der Waals surface area (Å²) in [7, 11) is -3.74. The van der Waals surface area contributed by atoms with Gasteiger partial charge in [-0.25, -0.2) is 13.2 Å². The second-order valence-electron chi connectivity index (χ2n) is 5.04. The molecule has 0 spiro atoms. The second kappa shape index (κ2) is 5.46. The number of carbonyl (C=O) groups excluding carboxylic acids is 1. The van der Waals surface area contributed by atoms with E-state index in [1.807, 2.05) is 6.92 Å². The molecule has 1 aliphatic rings. The molecule has 6 heteroatoms. The quantitative estimate of drug-likeness (QED) is 0.798. The molecular weight excluding hydrogens is 302 g/mol. The van der Waals surface area contributed by atoms with E-state index >= 15 is 0 Å². The van der Waals surface area contributed by atoms with E-state index in [9.17, 15) is 13.2 Å². The minimum absolute atomic E-state index is 0.0264. The second-order valence-corrected chi connectivity index (χ2v) is 6.91. The summed E-state index contributed by atoms with van der Waals surface area (Å²) in [4.78, 5) is 12.1. The molecule has 2 aromatic carbocycles. The van der Waals surface area contributed by atoms with Crippen molar-refractivity contribution in [3.05, 3.63) is 59.7 Å². The zero-order chi connectivity index (χ0) is 15.7. The van der Waals surface area contributed by atoms with Crippen LogP contribution in [-0.2, 0) is 14.8 Å². The maximum atomic E-state index is 12.9. The fourth-order valence-electron chi connectivity index (χ4n) is 2.37. The molecule has 0 atom stereocenters. The highest BCUT2D eigenvalue weighted by Crippen LogP contribution is 2.29. The minimum atomic E-state index is -3.74. The van der Waals surface area contributed by atoms with Crippen molar-refractivity contribution >= 4 is 21.7 Å². The van der Waals surface area contributed by atoms with Crippen LogP contribution in [0, 0.1) is 6.92 Å². The predicted molar refractivity (Wildman–Crippen MR) is 82.4 cm³/mol. The molecule has 2 aromatic rings. The number of carbonyl (C=O) groups is 1. The molecule has 114 valence electrons. The standard InChI is InChI=1S/C16H15NO4S/c1-12-6-8-13(9-7-12)22(19,20)17-10-11-21-16(18)14-4-2-3-5-15(14)17/h2-9H,10-11H2,1H3. The molecule has 5 nitrogen and oxygen atoms in total. The van der Waals surface area contributed by atoms with Crippen molar-refractivity contribution in [2.45, 2.75) is 11.8 Å². The number of nitrogens with zero attached hydrogens (tertiary/aromatic N) is 1. The van der Waals surface area contributed by atoms with Gasteiger partial charge in [0.15, 0.2) is 0 Å². The van der Waals surface area contributed by atoms with Crippen LogP contribution < -0.4 is 4.31 Å². The first-order valence-corrected chi connectivity index (χ1v) is 8.30. The average molecular weight is 317 g/mol. The summed E-state index contributed by atoms with van der Waals surface area (Å²) in [5.41, 5.74) is 1.59. The lowest BCUT2D eigenvalue weighted by atomic mass is 10.2. The Morgan fingerprint density at radius 3 is 2.45 bits per heavy atom. The zero-order valence-corrected chi connectivity index (χ0v) is 12.8. The highest BCUT2D eigenvalue weighted by atomic mass is 32.2. The average Bonchev–Trinajstić information content (AvgIpc) is 2.68. The van der Waals surface area contributed by atoms with Gasteiger partial charge in [-0.05, 0) is 31.2 Å². The van der Waals surface area contributed by atoms with Gasteiger partial charge < -0.3 is 4.74 Å². The summed E-state index contributed by atoms with van der Waals surface area (Å²) in [6, 6.07) is 13.2. The molecular formula is C16H15NO4S. The molecule has 0 saturated carbocycles. The van der Waals surface area contributed by atoms with Gasteiger partial charge in [0.25, 0.3) is 10.0 Å². The van der Waals surface area contributed by atoms with Crippen molar-refractivity contribution in [3.8, 4) is 0 Å². The molecule has 0 unspecified atom stereocenters. The van der Waals surface area contributed by atoms with Gasteiger partial charge >= 0.3 is 5.97 Å². The Kier molecular flexibility index (Phi) is 3.62. The first kappa shape index (κ1) is 14.6. The van der Waals surface area contributed by atoms with E-state index in [2.05, 4.69) is 0 Å². The van der Waals surface area contributed by atoms with Crippen molar-refractivity contribution in [1.29, 1.82) is 0 Å². The van der Waals surface area contributed by atoms with Gasteiger partial charge in [-0.3, -0.25) is 4.31 Å². The number of aryl methyl sites for hydroxylation is 1. The number of anilines is 1. The number of hydrogen-bond donors (Lipinski definition) is 0. The smallest absolute Gasteiger partial charge is 0.340 e. The molecule has 3 rings (SSSR count). The van der Waals surface area contributed by atoms with Gasteiger partial charge in [-0.15, -0.1) is 0 Å². The Morgan fingerprint density at radius 2 is 1.73 bits per heavy atom. The summed E-state index contributed by atoms with van der Waals surface area (Å²) in [6.45, 7) is 2.02. The van der Waals surface area contributed by atoms with E-state index in [1.165, 1.54) is 4.31 Å². The van der Waals surface area contributed by atoms with Crippen LogP contribution in [0.15, 0.2) is 53.4 Å². The molecule has 0 aliphatic carbocycles. The third-order valence-corrected chi connectivity index (χ3v) is 5.36. The molecule has 22 heavy (non-hydrogen) atoms. The highest BCUT2D eigenvalue weighted by molar-refractivity contribution is 7.92. The van der Waals surface area contributed by atoms with E-state index in [4.69, 9.17) is 4.74 Å². The lowest BCUT2D eigenvalue weighted by molar-refractivity contribution is 0.0527. The predicted octanol–water partition coefficient (Wildman–Crippen LogP) is 2.36. The summed E-state index contributed by atoms with van der Waals surface area (Å²) in [5, 5.41) is 0. The normalized spacial score (nSPS) is 15.0. The Labute approximate surface area is 129 Å². The third kappa shape index (κ3) is 2.46. The lowest BCUT2D eigenvalue weighted by Crippen LogP contribution is -2.33. The fourth-order valence-corrected chi connectivity index (χ4v) is 3.84. The van der Waals surface area contributed by atoms with E-state index < -0.39 is 16.0 Å². The van der Waals surface area contributed by atoms with Crippen LogP contribution in [0.5, 0.6) is 0 Å². The molecule has 0 fully saturated rings. The monoisotopic (exact) mass is 317 g/mol. The first-order valence-electron chi connectivity index (χ1n) is 6.86. The Morgan fingerprint density at radius 1 is 1.05 bits per heavy atom. The number of cyclic esters (lactones) is 1. The van der Waals surface area contributed by atoms with Crippen LogP contribution in [0.2, 0.25) is 0 Å². The van der Waals surface area contributed by atoms with Crippen LogP contribution in [-0.4, -0.2) is 27.5 Å². The molecule has 0 saturated heterocycles. The van der Waals surface area contributed by atoms with Crippen LogP contribution in [0.1, 0.15) is 15.9 Å². The van der Waals surface area contributed by atoms with Gasteiger partial charge in [0, 0.05) is 0 Å². The Hall–Kier alpha value is -2.34. The number of sulfonamides is 1. The number of para-hydroxylation sites is 1. The minimum Gasteiger partial charge on any atom is -0.460 e. The van der Waals surface area contributed by atoms with Gasteiger partial charge in [0.05, 0.1) is 22.7 Å². The van der Waals surface area contributed by atoms with Crippen molar-refractivity contribution in [2.75, 3.05) is 17.5 Å². The van der Waals surface area contributed by atoms with Gasteiger partial charge in [-0.2, -0.15) is 0 Å². The first-order chi connectivity index (χ1) is 10.5. The number of rotatable bonds is 2. The van der Waals surface area contributed by atoms with Crippen LogP contribution in [0.4, 0.5) is 5.69 Å². The van der Waals surface area contributed by atoms with Crippen molar-refractivity contribution in [3.63, 3.8) is 0 Å². The van der Waals surface area contributed by atoms with E-state index in [1.54, 1.807) is 48.5 Å². The molecule has 0 N–H and O–H groups in total. The van der Waals surface area contributed by atoms with E-state index in [0.717, 1.165) is 5.56 Å². The lowest BCUT2D eigenvalue weighted by Gasteiger charge is -2.23. The maximum Gasteiger partial charge on any atom is 0.340 e. The molecule has 0 amide bonds. The molecule has 1 aliphatic heterocycles. The number of ether oxygens (including phenoxy) is 1. The van der Waals surface area contributed by atoms with Crippen molar-refractivity contribution in [1.82, 2.24) is 0 Å². The SMILES string of the molecule is Cc1ccc(S(=O)(=O)N2CCOC(=O)c3ccccc32)cc1. The number of esters is 1. The molecule has 1 heterocycles. The number of hydrogen-bond acceptors (Lipinski definition) is 4. The fraction of sp³-hybridized carbons (Fsp3) is 0.188. The van der Waals surface area contributed by atoms with Crippen molar-refractivity contribution < 1.29 is 17.9 Å². The number of fused-ring (bicyclic) bond motifs is 1. The van der Waals surface area contributed by atoms with E-state index in [-0.39, 0.29) is 23.6 Å². The topological polar surface area (TPSA) is 63.7 Å². The van der Waals surface area contributed by atoms with Gasteiger partial charge in [0.2, 0.25) is 0 Å². The van der Waals surface area contributed by atoms with Crippen LogP contribution in [0.3, 0.4) is 0 Å². The third-order valence-electron chi connectivity index (χ3n) is 3.53. The summed E-state index contributed by atoms with van der Waals surface area (Å²) in [6.07, 6.45) is 0. The molecule has 0 radical (unpaired) electrons. The van der Waals surface area contributed by atoms with Crippen LogP contribution >= 0.6 is 0 Å². The zero-order valence-electron chi connectivity index (χ0n) is 12.0. The Bertz CT molecular complexity index is 812. The van der Waals surface area contributed by atoms with E-state index in [0.29, 0.717) is 5.69 Å². The molecule has 0 aromatic heterocycles. The Balaban J connectivity index is 2.12. The summed E-state index contributed by atoms with van der Waals surface area (Å²) < 4.78 is 32.1. The summed E-state index contributed by atoms with van der Waals surface area (Å²) in [5.74, 6) is -0.503. The van der Waals surface area contributed by atoms with Gasteiger partial charge in [-0.1, -0.05) is 29.8 Å². The summed E-state index contributed by atoms with van der Waals surface area (Å²) >= 11 is 0. The maximum absolute atomic E-state index is 12.9. The largest absolute Gasteiger partial charge is 0.460 e. The van der Waals surface area contributed by atoms with Crippen LogP contribution in [0.25, 0.3) is 0 Å². The highest BCUT2D eigenvalue weighted by Gasteiger charge is 2.30. The molecule has 0 bridgehead atoms. The van der Waals surface area contributed by atoms with Gasteiger partial charge in [0.1, 0.15) is 6.61 Å².